The number of fused-ring (bicyclic) bond motifs is 1. The van der Waals surface area contributed by atoms with Crippen LogP contribution in [0, 0.1) is 13.8 Å². The first-order valence-corrected chi connectivity index (χ1v) is 8.26. The molecule has 0 radical (unpaired) electrons. The van der Waals surface area contributed by atoms with E-state index < -0.39 is 0 Å². The van der Waals surface area contributed by atoms with Crippen molar-refractivity contribution in [3.8, 4) is 0 Å². The molecule has 2 heterocycles. The molecule has 1 aromatic carbocycles. The van der Waals surface area contributed by atoms with Gasteiger partial charge in [0.25, 0.3) is 0 Å². The third kappa shape index (κ3) is 3.37. The fraction of sp³-hybridized carbons (Fsp3) is 0.333. The molecule has 2 aromatic heterocycles. The highest BCUT2D eigenvalue weighted by molar-refractivity contribution is 7.99. The predicted molar refractivity (Wildman–Crippen MR) is 88.6 cm³/mol. The normalized spacial score (nSPS) is 11.1. The molecule has 23 heavy (non-hydrogen) atoms. The average molecular weight is 331 g/mol. The smallest absolute Gasteiger partial charge is 0.232 e. The molecule has 0 aliphatic carbocycles. The zero-order valence-electron chi connectivity index (χ0n) is 13.1. The van der Waals surface area contributed by atoms with Gasteiger partial charge in [0.15, 0.2) is 5.58 Å². The molecule has 7 nitrogen and oxygen atoms in total. The van der Waals surface area contributed by atoms with E-state index >= 15 is 0 Å². The summed E-state index contributed by atoms with van der Waals surface area (Å²) in [7, 11) is 0. The van der Waals surface area contributed by atoms with Crippen molar-refractivity contribution in [1.29, 1.82) is 0 Å². The minimum Gasteiger partial charge on any atom is -0.356 e. The lowest BCUT2D eigenvalue weighted by molar-refractivity contribution is -0.115. The van der Waals surface area contributed by atoms with Crippen molar-refractivity contribution in [2.45, 2.75) is 32.3 Å². The van der Waals surface area contributed by atoms with Gasteiger partial charge >= 0.3 is 0 Å². The number of nitrogens with one attached hydrogen (secondary N) is 2. The molecule has 8 heteroatoms. The molecule has 0 aliphatic rings. The van der Waals surface area contributed by atoms with Crippen LogP contribution in [0.1, 0.15) is 23.7 Å². The lowest BCUT2D eigenvalue weighted by atomic mass is 10.0. The first-order valence-electron chi connectivity index (χ1n) is 7.27. The van der Waals surface area contributed by atoms with E-state index in [0.29, 0.717) is 22.4 Å². The number of hydrogen-bond donors (Lipinski definition) is 2. The molecule has 2 N–H and O–H groups in total. The number of aromatic amines is 1. The Hall–Kier alpha value is -2.35. The van der Waals surface area contributed by atoms with E-state index in [2.05, 4.69) is 25.7 Å². The van der Waals surface area contributed by atoms with E-state index in [4.69, 9.17) is 4.52 Å². The van der Waals surface area contributed by atoms with Gasteiger partial charge in [0.05, 0.1) is 6.42 Å². The number of carbonyl (C=O) groups excluding carboxylic acids is 1. The van der Waals surface area contributed by atoms with Crippen LogP contribution in [0.2, 0.25) is 0 Å². The van der Waals surface area contributed by atoms with Crippen LogP contribution < -0.4 is 5.32 Å². The lowest BCUT2D eigenvalue weighted by Crippen LogP contribution is -2.15. The molecule has 3 rings (SSSR count). The SMILES string of the molecule is CCSc1n[nH]c(NC(=O)Cc2noc3cc(C)cc(C)c23)n1. The fourth-order valence-electron chi connectivity index (χ4n) is 2.47. The van der Waals surface area contributed by atoms with E-state index in [9.17, 15) is 4.79 Å². The van der Waals surface area contributed by atoms with Crippen molar-refractivity contribution in [3.63, 3.8) is 0 Å². The molecule has 0 atom stereocenters. The highest BCUT2D eigenvalue weighted by Crippen LogP contribution is 2.24. The number of amides is 1. The summed E-state index contributed by atoms with van der Waals surface area (Å²) in [6.07, 6.45) is 0.119. The minimum atomic E-state index is -0.218. The Kier molecular flexibility index (Phi) is 4.33. The second-order valence-electron chi connectivity index (χ2n) is 5.21. The first kappa shape index (κ1) is 15.5. The van der Waals surface area contributed by atoms with E-state index in [0.717, 1.165) is 22.3 Å². The number of H-pyrrole nitrogens is 1. The predicted octanol–water partition coefficient (Wildman–Crippen LogP) is 2.86. The lowest BCUT2D eigenvalue weighted by Gasteiger charge is -2.01. The molecule has 0 aliphatic heterocycles. The Labute approximate surface area is 137 Å². The van der Waals surface area contributed by atoms with Crippen LogP contribution in [0.3, 0.4) is 0 Å². The highest BCUT2D eigenvalue weighted by Gasteiger charge is 2.16. The Morgan fingerprint density at radius 2 is 2.22 bits per heavy atom. The van der Waals surface area contributed by atoms with Gasteiger partial charge in [0, 0.05) is 5.39 Å². The number of rotatable bonds is 5. The van der Waals surface area contributed by atoms with Crippen LogP contribution in [-0.4, -0.2) is 32.0 Å². The van der Waals surface area contributed by atoms with Gasteiger partial charge in [-0.15, -0.1) is 5.10 Å². The Morgan fingerprint density at radius 3 is 3.00 bits per heavy atom. The monoisotopic (exact) mass is 331 g/mol. The summed E-state index contributed by atoms with van der Waals surface area (Å²) in [6.45, 7) is 5.99. The van der Waals surface area contributed by atoms with E-state index in [1.807, 2.05) is 32.9 Å². The summed E-state index contributed by atoms with van der Waals surface area (Å²) in [5.41, 5.74) is 3.47. The Balaban J connectivity index is 1.75. The van der Waals surface area contributed by atoms with Crippen LogP contribution in [0.15, 0.2) is 21.8 Å². The number of aryl methyl sites for hydroxylation is 2. The molecule has 0 unspecified atom stereocenters. The van der Waals surface area contributed by atoms with Gasteiger partial charge in [0.1, 0.15) is 5.69 Å². The molecular weight excluding hydrogens is 314 g/mol. The standard InChI is InChI=1S/C15H17N5O2S/c1-4-23-15-17-14(18-19-15)16-12(21)7-10-13-9(3)5-8(2)6-11(13)22-20-10/h5-6H,4,7H2,1-3H3,(H2,16,17,18,19,21). The third-order valence-electron chi connectivity index (χ3n) is 3.31. The number of anilines is 1. The van der Waals surface area contributed by atoms with Crippen LogP contribution in [0.5, 0.6) is 0 Å². The average Bonchev–Trinajstić information content (AvgIpc) is 3.07. The number of benzene rings is 1. The van der Waals surface area contributed by atoms with Crippen molar-refractivity contribution >= 4 is 34.6 Å². The topological polar surface area (TPSA) is 96.7 Å². The molecule has 1 amide bonds. The fourth-order valence-corrected chi connectivity index (χ4v) is 2.99. The summed E-state index contributed by atoms with van der Waals surface area (Å²) in [5.74, 6) is 0.991. The second-order valence-corrected chi connectivity index (χ2v) is 6.44. The van der Waals surface area contributed by atoms with Gasteiger partial charge in [-0.3, -0.25) is 10.1 Å². The summed E-state index contributed by atoms with van der Waals surface area (Å²) < 4.78 is 5.33. The maximum atomic E-state index is 12.2. The molecule has 0 spiro atoms. The van der Waals surface area contributed by atoms with Crippen LogP contribution in [0.25, 0.3) is 11.0 Å². The minimum absolute atomic E-state index is 0.119. The van der Waals surface area contributed by atoms with Gasteiger partial charge in [-0.05, 0) is 36.8 Å². The molecule has 0 saturated heterocycles. The summed E-state index contributed by atoms with van der Waals surface area (Å²) in [5, 5.41) is 14.9. The summed E-state index contributed by atoms with van der Waals surface area (Å²) in [4.78, 5) is 16.4. The van der Waals surface area contributed by atoms with E-state index in [1.54, 1.807) is 0 Å². The van der Waals surface area contributed by atoms with E-state index in [-0.39, 0.29) is 12.3 Å². The number of nitrogens with zero attached hydrogens (tertiary/aromatic N) is 3. The van der Waals surface area contributed by atoms with Crippen molar-refractivity contribution in [3.05, 3.63) is 29.0 Å². The van der Waals surface area contributed by atoms with Crippen molar-refractivity contribution in [2.75, 3.05) is 11.1 Å². The molecule has 0 bridgehead atoms. The van der Waals surface area contributed by atoms with Crippen LogP contribution in [0.4, 0.5) is 5.95 Å². The molecule has 0 fully saturated rings. The zero-order valence-corrected chi connectivity index (χ0v) is 14.0. The van der Waals surface area contributed by atoms with Gasteiger partial charge in [-0.2, -0.15) is 4.98 Å². The molecular formula is C15H17N5O2S. The number of thioether (sulfide) groups is 1. The number of hydrogen-bond acceptors (Lipinski definition) is 6. The van der Waals surface area contributed by atoms with E-state index in [1.165, 1.54) is 11.8 Å². The number of carbonyl (C=O) groups is 1. The Bertz CT molecular complexity index is 855. The van der Waals surface area contributed by atoms with Gasteiger partial charge in [-0.1, -0.05) is 29.9 Å². The first-order chi connectivity index (χ1) is 11.1. The third-order valence-corrected chi connectivity index (χ3v) is 4.04. The van der Waals surface area contributed by atoms with Crippen molar-refractivity contribution < 1.29 is 9.32 Å². The number of aromatic nitrogens is 4. The highest BCUT2D eigenvalue weighted by atomic mass is 32.2. The second kappa shape index (κ2) is 6.41. The van der Waals surface area contributed by atoms with Gasteiger partial charge < -0.3 is 4.52 Å². The molecule has 0 saturated carbocycles. The summed E-state index contributed by atoms with van der Waals surface area (Å²) in [6, 6.07) is 3.97. The zero-order chi connectivity index (χ0) is 16.4. The van der Waals surface area contributed by atoms with Crippen LogP contribution in [-0.2, 0) is 11.2 Å². The molecule has 120 valence electrons. The van der Waals surface area contributed by atoms with Gasteiger partial charge in [-0.25, -0.2) is 5.10 Å². The maximum Gasteiger partial charge on any atom is 0.232 e. The van der Waals surface area contributed by atoms with Gasteiger partial charge in [0.2, 0.25) is 17.0 Å². The quantitative estimate of drug-likeness (QED) is 0.698. The van der Waals surface area contributed by atoms with Crippen LogP contribution >= 0.6 is 11.8 Å². The maximum absolute atomic E-state index is 12.2. The van der Waals surface area contributed by atoms with Crippen molar-refractivity contribution in [2.24, 2.45) is 0 Å². The largest absolute Gasteiger partial charge is 0.356 e. The summed E-state index contributed by atoms with van der Waals surface area (Å²) >= 11 is 1.50. The Morgan fingerprint density at radius 1 is 1.39 bits per heavy atom. The molecule has 3 aromatic rings. The van der Waals surface area contributed by atoms with Crippen molar-refractivity contribution in [1.82, 2.24) is 20.3 Å².